The fraction of sp³-hybridized carbons (Fsp3) is 0.259. The van der Waals surface area contributed by atoms with Crippen molar-refractivity contribution in [2.24, 2.45) is 0 Å². The molecule has 0 bridgehead atoms. The van der Waals surface area contributed by atoms with Gasteiger partial charge in [-0.15, -0.1) is 12.1 Å². The van der Waals surface area contributed by atoms with Crippen molar-refractivity contribution in [3.05, 3.63) is 97.5 Å². The van der Waals surface area contributed by atoms with E-state index in [1.54, 1.807) is 0 Å². The van der Waals surface area contributed by atoms with E-state index in [4.69, 9.17) is 9.47 Å². The number of phosphoric acid groups is 1. The van der Waals surface area contributed by atoms with Gasteiger partial charge in [0.15, 0.2) is 0 Å². The molecule has 0 aliphatic carbocycles. The van der Waals surface area contributed by atoms with E-state index in [0.29, 0.717) is 22.5 Å². The minimum atomic E-state index is -4.13. The Morgan fingerprint density at radius 2 is 1.22 bits per heavy atom. The van der Waals surface area contributed by atoms with Crippen molar-refractivity contribution >= 4 is 7.82 Å². The molecule has 0 spiro atoms. The molecule has 0 aliphatic heterocycles. The zero-order chi connectivity index (χ0) is 26.1. The number of rotatable bonds is 9. The van der Waals surface area contributed by atoms with E-state index >= 15 is 0 Å². The summed E-state index contributed by atoms with van der Waals surface area (Å²) in [6.07, 6.45) is 0. The Bertz CT molecular complexity index is 1050. The van der Waals surface area contributed by atoms with Crippen LogP contribution in [0.5, 0.6) is 23.0 Å². The van der Waals surface area contributed by atoms with E-state index < -0.39 is 7.82 Å². The predicted molar refractivity (Wildman–Crippen MR) is 136 cm³/mol. The molecule has 3 rings (SSSR count). The second kappa shape index (κ2) is 14.9. The van der Waals surface area contributed by atoms with Crippen molar-refractivity contribution in [3.63, 3.8) is 0 Å². The van der Waals surface area contributed by atoms with Gasteiger partial charge in [0.05, 0.1) is 32.6 Å². The third kappa shape index (κ3) is 13.0. The van der Waals surface area contributed by atoms with Crippen molar-refractivity contribution in [2.45, 2.75) is 13.8 Å². The summed E-state index contributed by atoms with van der Waals surface area (Å²) < 4.78 is 31.3. The van der Waals surface area contributed by atoms with Gasteiger partial charge in [-0.3, -0.25) is 4.57 Å². The second-order valence-corrected chi connectivity index (χ2v) is 10.5. The molecular weight excluding hydrogens is 554 g/mol. The Morgan fingerprint density at radius 3 is 1.58 bits per heavy atom. The first-order chi connectivity index (χ1) is 16.3. The normalized spacial score (nSPS) is 12.4. The van der Waals surface area contributed by atoms with Gasteiger partial charge in [-0.2, -0.15) is 12.5 Å². The van der Waals surface area contributed by atoms with Crippen LogP contribution in [0.4, 0.5) is 0 Å². The Kier molecular flexibility index (Phi) is 13.4. The summed E-state index contributed by atoms with van der Waals surface area (Å²) in [6.45, 7) is 8.80. The number of phosphoric ester groups is 1. The predicted octanol–water partition coefficient (Wildman–Crippen LogP) is 6.05. The van der Waals surface area contributed by atoms with Crippen molar-refractivity contribution in [1.82, 2.24) is 0 Å². The number of likely N-dealkylation sites (N-methyl/N-ethyl adjacent to an activating group) is 1. The van der Waals surface area contributed by atoms with E-state index in [0.717, 1.165) is 17.1 Å². The second-order valence-electron chi connectivity index (χ2n) is 9.07. The maximum Gasteiger partial charge on any atom is 0.236 e. The zero-order valence-corrected chi connectivity index (χ0v) is 25.3. The molecule has 0 saturated heterocycles. The molecule has 1 atom stereocenters. The van der Waals surface area contributed by atoms with Crippen LogP contribution in [0.2, 0.25) is 0 Å². The van der Waals surface area contributed by atoms with Crippen LogP contribution < -0.4 is 14.4 Å². The van der Waals surface area contributed by atoms with E-state index in [2.05, 4.69) is 23.1 Å². The summed E-state index contributed by atoms with van der Waals surface area (Å²) in [5.74, 6) is 3.01. The van der Waals surface area contributed by atoms with Crippen LogP contribution in [-0.4, -0.2) is 38.8 Å². The van der Waals surface area contributed by atoms with Crippen LogP contribution >= 0.6 is 7.82 Å². The maximum absolute atomic E-state index is 10.6. The SMILES string of the molecule is [CH2-]OP(=O)([O-])OCC[N+](C)(C)C.[CH2-]c1cc(Oc2ccc(C)cc2)cc(Oc2ccc(C)cc2)c1.[Y]. The Labute approximate surface area is 240 Å². The van der Waals surface area contributed by atoms with E-state index in [1.165, 1.54) is 11.1 Å². The number of benzene rings is 3. The van der Waals surface area contributed by atoms with Crippen LogP contribution in [0.3, 0.4) is 0 Å². The molecule has 193 valence electrons. The number of quaternary nitrogens is 1. The van der Waals surface area contributed by atoms with Gasteiger partial charge in [-0.1, -0.05) is 35.4 Å². The summed E-state index contributed by atoms with van der Waals surface area (Å²) in [7, 11) is 4.44. The first-order valence-electron chi connectivity index (χ1n) is 11.0. The number of aryl methyl sites for hydroxylation is 2. The Morgan fingerprint density at radius 1 is 0.806 bits per heavy atom. The third-order valence-electron chi connectivity index (χ3n) is 4.62. The average molecular weight is 588 g/mol. The Balaban J connectivity index is 0.000000429. The minimum absolute atomic E-state index is 0. The van der Waals surface area contributed by atoms with Gasteiger partial charge in [-0.25, -0.2) is 7.11 Å². The Hall–Kier alpha value is -1.70. The molecule has 0 heterocycles. The van der Waals surface area contributed by atoms with E-state index in [-0.39, 0.29) is 39.3 Å². The average Bonchev–Trinajstić information content (AvgIpc) is 2.76. The van der Waals surface area contributed by atoms with Gasteiger partial charge >= 0.3 is 0 Å². The van der Waals surface area contributed by atoms with Crippen LogP contribution in [0.1, 0.15) is 16.7 Å². The fourth-order valence-electron chi connectivity index (χ4n) is 2.70. The first kappa shape index (κ1) is 32.3. The number of nitrogens with zero attached hydrogens (tertiary/aromatic N) is 1. The molecule has 0 saturated carbocycles. The molecule has 7 nitrogen and oxygen atoms in total. The van der Waals surface area contributed by atoms with Crippen LogP contribution in [0.25, 0.3) is 0 Å². The molecule has 3 aromatic rings. The molecule has 0 N–H and O–H groups in total. The van der Waals surface area contributed by atoms with Gasteiger partial charge in [0.25, 0.3) is 0 Å². The van der Waals surface area contributed by atoms with Crippen molar-refractivity contribution in [1.29, 1.82) is 0 Å². The standard InChI is InChI=1S/C21H19O2.C6H16NO4P.Y/c1-15-4-8-18(9-5-15)22-20-12-17(3)13-21(14-20)23-19-10-6-16(2)7-11-19;1-7(2,3)5-6-11-12(8,9)10-4;/h4-14H,3H2,1-2H3;4-6H2,1-3H3,(H,8,9);/q-1;;/p-1. The molecule has 1 unspecified atom stereocenters. The first-order valence-corrected chi connectivity index (χ1v) is 12.5. The van der Waals surface area contributed by atoms with E-state index in [9.17, 15) is 9.46 Å². The van der Waals surface area contributed by atoms with Crippen molar-refractivity contribution < 1.29 is 65.2 Å². The van der Waals surface area contributed by atoms with Crippen molar-refractivity contribution in [3.8, 4) is 23.0 Å². The summed E-state index contributed by atoms with van der Waals surface area (Å²) in [5, 5.41) is 0. The van der Waals surface area contributed by atoms with Gasteiger partial charge in [0, 0.05) is 32.7 Å². The van der Waals surface area contributed by atoms with E-state index in [1.807, 2.05) is 102 Å². The molecule has 0 fully saturated rings. The van der Waals surface area contributed by atoms with Crippen molar-refractivity contribution in [2.75, 3.05) is 34.3 Å². The quantitative estimate of drug-likeness (QED) is 0.172. The topological polar surface area (TPSA) is 77.1 Å². The molecule has 1 radical (unpaired) electrons. The molecule has 3 aromatic carbocycles. The molecule has 36 heavy (non-hydrogen) atoms. The third-order valence-corrected chi connectivity index (χ3v) is 5.44. The number of ether oxygens (including phenoxy) is 2. The van der Waals surface area contributed by atoms with Crippen LogP contribution in [-0.2, 0) is 46.3 Å². The smallest absolute Gasteiger partial charge is 0.236 e. The van der Waals surface area contributed by atoms with Gasteiger partial charge < -0.3 is 27.9 Å². The molecule has 0 aromatic heterocycles. The zero-order valence-electron chi connectivity index (χ0n) is 21.6. The van der Waals surface area contributed by atoms with Gasteiger partial charge in [0.2, 0.25) is 7.82 Å². The molecule has 0 amide bonds. The van der Waals surface area contributed by atoms with Gasteiger partial charge in [-0.05, 0) is 44.2 Å². The number of hydrogen-bond donors (Lipinski definition) is 0. The maximum atomic E-state index is 10.6. The molecule has 0 aliphatic rings. The monoisotopic (exact) mass is 588 g/mol. The molecular formula is C27H34NO6PY-2. The minimum Gasteiger partial charge on any atom is -0.758 e. The summed E-state index contributed by atoms with van der Waals surface area (Å²) in [5.41, 5.74) is 3.25. The fourth-order valence-corrected chi connectivity index (χ4v) is 3.08. The largest absolute Gasteiger partial charge is 0.758 e. The summed E-state index contributed by atoms with van der Waals surface area (Å²) in [6, 6.07) is 21.5. The number of hydrogen-bond acceptors (Lipinski definition) is 6. The van der Waals surface area contributed by atoms with Crippen LogP contribution in [0, 0.1) is 27.9 Å². The van der Waals surface area contributed by atoms with Gasteiger partial charge in [0.1, 0.15) is 24.7 Å². The van der Waals surface area contributed by atoms with Crippen LogP contribution in [0.15, 0.2) is 66.7 Å². The summed E-state index contributed by atoms with van der Waals surface area (Å²) in [4.78, 5) is 10.6. The molecule has 9 heteroatoms. The summed E-state index contributed by atoms with van der Waals surface area (Å²) >= 11 is 0.